The fourth-order valence-corrected chi connectivity index (χ4v) is 1.14. The summed E-state index contributed by atoms with van der Waals surface area (Å²) in [5, 5.41) is 11.7. The summed E-state index contributed by atoms with van der Waals surface area (Å²) in [6.07, 6.45) is -3.41. The van der Waals surface area contributed by atoms with Crippen molar-refractivity contribution in [3.05, 3.63) is 10.4 Å². The zero-order valence-electron chi connectivity index (χ0n) is 6.09. The van der Waals surface area contributed by atoms with Gasteiger partial charge in [0, 0.05) is 11.3 Å². The number of rotatable bonds is 1. The zero-order chi connectivity index (χ0) is 9.14. The van der Waals surface area contributed by atoms with Gasteiger partial charge in [0.2, 0.25) is 0 Å². The van der Waals surface area contributed by atoms with Crippen LogP contribution < -0.4 is 0 Å². The first-order valence-corrected chi connectivity index (χ1v) is 3.33. The molecule has 1 N–H and O–H groups in total. The topological polar surface area (TPSA) is 89.3 Å². The van der Waals surface area contributed by atoms with Gasteiger partial charge in [-0.3, -0.25) is 4.90 Å². The molecule has 1 amide bonds. The molecule has 6 nitrogen and oxygen atoms in total. The Bertz CT molecular complexity index is 230. The van der Waals surface area contributed by atoms with Crippen LogP contribution in [0.5, 0.6) is 0 Å². The molecule has 1 heterocycles. The molecule has 7 heteroatoms. The van der Waals surface area contributed by atoms with Crippen molar-refractivity contribution in [1.29, 1.82) is 0 Å². The molecule has 0 aliphatic carbocycles. The van der Waals surface area contributed by atoms with Gasteiger partial charge in [-0.2, -0.15) is 0 Å². The molecule has 66 valence electrons. The fraction of sp³-hybridized carbons (Fsp3) is 0.800. The van der Waals surface area contributed by atoms with E-state index < -0.39 is 18.4 Å². The summed E-state index contributed by atoms with van der Waals surface area (Å²) in [6.45, 7) is -0.209. The minimum atomic E-state index is -1.26. The second-order valence-electron chi connectivity index (χ2n) is 2.45. The molecule has 0 aromatic carbocycles. The average Bonchev–Trinajstić information content (AvgIpc) is 2.32. The van der Waals surface area contributed by atoms with Gasteiger partial charge in [-0.1, -0.05) is 5.11 Å². The summed E-state index contributed by atoms with van der Waals surface area (Å²) in [7, 11) is 0. The van der Waals surface area contributed by atoms with Crippen molar-refractivity contribution < 1.29 is 14.3 Å². The first kappa shape index (κ1) is 8.61. The molecule has 1 aliphatic heterocycles. The minimum Gasteiger partial charge on any atom is -0.465 e. The van der Waals surface area contributed by atoms with Gasteiger partial charge in [-0.15, -0.1) is 0 Å². The first-order valence-electron chi connectivity index (χ1n) is 3.33. The summed E-state index contributed by atoms with van der Waals surface area (Å²) in [4.78, 5) is 13.6. The van der Waals surface area contributed by atoms with E-state index in [9.17, 15) is 9.18 Å². The van der Waals surface area contributed by atoms with Gasteiger partial charge in [-0.05, 0) is 5.53 Å². The van der Waals surface area contributed by atoms with Crippen LogP contribution in [-0.4, -0.2) is 35.0 Å². The van der Waals surface area contributed by atoms with E-state index >= 15 is 0 Å². The molecule has 1 aliphatic rings. The van der Waals surface area contributed by atoms with Crippen molar-refractivity contribution in [1.82, 2.24) is 4.90 Å². The van der Waals surface area contributed by atoms with Crippen molar-refractivity contribution in [2.75, 3.05) is 6.54 Å². The predicted molar refractivity (Wildman–Crippen MR) is 37.2 cm³/mol. The van der Waals surface area contributed by atoms with E-state index in [2.05, 4.69) is 10.0 Å². The highest BCUT2D eigenvalue weighted by Crippen LogP contribution is 2.21. The lowest BCUT2D eigenvalue weighted by atomic mass is 10.3. The number of amides is 1. The SMILES string of the molecule is [N-]=[N+]=NC1CC(F)CN1C(=O)O. The van der Waals surface area contributed by atoms with Crippen LogP contribution in [0, 0.1) is 0 Å². The summed E-state index contributed by atoms with van der Waals surface area (Å²) >= 11 is 0. The molecule has 1 fully saturated rings. The maximum atomic E-state index is 12.6. The highest BCUT2D eigenvalue weighted by atomic mass is 19.1. The summed E-state index contributed by atoms with van der Waals surface area (Å²) < 4.78 is 12.6. The summed E-state index contributed by atoms with van der Waals surface area (Å²) in [5.74, 6) is 0. The summed E-state index contributed by atoms with van der Waals surface area (Å²) in [6, 6.07) is 0. The smallest absolute Gasteiger partial charge is 0.407 e. The van der Waals surface area contributed by atoms with Crippen LogP contribution in [0.1, 0.15) is 6.42 Å². The quantitative estimate of drug-likeness (QED) is 0.369. The number of likely N-dealkylation sites (tertiary alicyclic amines) is 1. The maximum absolute atomic E-state index is 12.6. The number of carboxylic acid groups (broad SMARTS) is 1. The lowest BCUT2D eigenvalue weighted by Gasteiger charge is -2.15. The van der Waals surface area contributed by atoms with E-state index in [1.165, 1.54) is 0 Å². The van der Waals surface area contributed by atoms with Gasteiger partial charge in [0.25, 0.3) is 0 Å². The third-order valence-electron chi connectivity index (χ3n) is 1.65. The molecule has 0 saturated carbocycles. The van der Waals surface area contributed by atoms with Gasteiger partial charge in [-0.25, -0.2) is 9.18 Å². The zero-order valence-corrected chi connectivity index (χ0v) is 6.09. The maximum Gasteiger partial charge on any atom is 0.407 e. The Morgan fingerprint density at radius 2 is 2.50 bits per heavy atom. The fourth-order valence-electron chi connectivity index (χ4n) is 1.14. The Morgan fingerprint density at radius 3 is 3.00 bits per heavy atom. The molecule has 2 unspecified atom stereocenters. The Balaban J connectivity index is 2.71. The monoisotopic (exact) mass is 174 g/mol. The standard InChI is InChI=1S/C5H7FN4O2/c6-3-1-4(8-9-7)10(2-3)5(11)12/h3-4H,1-2H2,(H,11,12). The van der Waals surface area contributed by atoms with E-state index in [1.807, 2.05) is 0 Å². The Morgan fingerprint density at radius 1 is 1.83 bits per heavy atom. The van der Waals surface area contributed by atoms with Crippen LogP contribution in [-0.2, 0) is 0 Å². The molecular formula is C5H7FN4O2. The second-order valence-corrected chi connectivity index (χ2v) is 2.45. The lowest BCUT2D eigenvalue weighted by molar-refractivity contribution is 0.139. The van der Waals surface area contributed by atoms with Crippen molar-refractivity contribution in [3.8, 4) is 0 Å². The van der Waals surface area contributed by atoms with E-state index in [4.69, 9.17) is 10.6 Å². The molecule has 0 radical (unpaired) electrons. The van der Waals surface area contributed by atoms with Gasteiger partial charge < -0.3 is 5.11 Å². The van der Waals surface area contributed by atoms with Crippen molar-refractivity contribution in [3.63, 3.8) is 0 Å². The Kier molecular flexibility index (Phi) is 2.35. The molecule has 0 aromatic rings. The predicted octanol–water partition coefficient (Wildman–Crippen LogP) is 1.34. The van der Waals surface area contributed by atoms with Gasteiger partial charge in [0.1, 0.15) is 12.3 Å². The normalized spacial score (nSPS) is 28.2. The van der Waals surface area contributed by atoms with Crippen LogP contribution in [0.2, 0.25) is 0 Å². The molecule has 1 rings (SSSR count). The first-order chi connectivity index (χ1) is 5.65. The third-order valence-corrected chi connectivity index (χ3v) is 1.65. The van der Waals surface area contributed by atoms with Gasteiger partial charge in [0.05, 0.1) is 6.54 Å². The highest BCUT2D eigenvalue weighted by molar-refractivity contribution is 5.65. The van der Waals surface area contributed by atoms with Crippen molar-refractivity contribution in [2.24, 2.45) is 5.11 Å². The lowest BCUT2D eigenvalue weighted by Crippen LogP contribution is -2.33. The highest BCUT2D eigenvalue weighted by Gasteiger charge is 2.34. The molecule has 0 bridgehead atoms. The summed E-state index contributed by atoms with van der Waals surface area (Å²) in [5.41, 5.74) is 8.03. The molecule has 0 aromatic heterocycles. The number of hydrogen-bond donors (Lipinski definition) is 1. The van der Waals surface area contributed by atoms with E-state index in [0.717, 1.165) is 4.90 Å². The molecular weight excluding hydrogens is 167 g/mol. The number of azide groups is 1. The number of alkyl halides is 1. The molecule has 1 saturated heterocycles. The van der Waals surface area contributed by atoms with Crippen LogP contribution in [0.15, 0.2) is 5.11 Å². The Labute approximate surface area is 67.2 Å². The van der Waals surface area contributed by atoms with Crippen LogP contribution >= 0.6 is 0 Å². The Hall–Kier alpha value is -1.49. The number of halogens is 1. The van der Waals surface area contributed by atoms with Crippen molar-refractivity contribution in [2.45, 2.75) is 18.8 Å². The average molecular weight is 174 g/mol. The minimum absolute atomic E-state index is 0.0453. The van der Waals surface area contributed by atoms with E-state index in [1.54, 1.807) is 0 Å². The number of carbonyl (C=O) groups is 1. The van der Waals surface area contributed by atoms with Crippen LogP contribution in [0.25, 0.3) is 10.4 Å². The van der Waals surface area contributed by atoms with Crippen molar-refractivity contribution >= 4 is 6.09 Å². The second kappa shape index (κ2) is 3.27. The van der Waals surface area contributed by atoms with Crippen LogP contribution in [0.3, 0.4) is 0 Å². The molecule has 2 atom stereocenters. The largest absolute Gasteiger partial charge is 0.465 e. The van der Waals surface area contributed by atoms with Crippen LogP contribution in [0.4, 0.5) is 9.18 Å². The number of hydrogen-bond acceptors (Lipinski definition) is 2. The molecule has 12 heavy (non-hydrogen) atoms. The third kappa shape index (κ3) is 1.57. The van der Waals surface area contributed by atoms with E-state index in [0.29, 0.717) is 0 Å². The number of nitrogens with zero attached hydrogens (tertiary/aromatic N) is 4. The van der Waals surface area contributed by atoms with E-state index in [-0.39, 0.29) is 13.0 Å². The molecule has 0 spiro atoms. The van der Waals surface area contributed by atoms with Gasteiger partial charge in [0.15, 0.2) is 0 Å². The van der Waals surface area contributed by atoms with Gasteiger partial charge >= 0.3 is 6.09 Å².